The van der Waals surface area contributed by atoms with Crippen molar-refractivity contribution in [1.82, 2.24) is 4.90 Å². The summed E-state index contributed by atoms with van der Waals surface area (Å²) in [5.74, 6) is 0.982. The Kier molecular flexibility index (Phi) is 5.93. The van der Waals surface area contributed by atoms with Crippen molar-refractivity contribution in [3.8, 4) is 5.75 Å². The summed E-state index contributed by atoms with van der Waals surface area (Å²) < 4.78 is 5.77. The van der Waals surface area contributed by atoms with Gasteiger partial charge in [0, 0.05) is 30.5 Å². The van der Waals surface area contributed by atoms with E-state index >= 15 is 0 Å². The molecule has 0 spiro atoms. The molecule has 0 atom stereocenters. The van der Waals surface area contributed by atoms with E-state index in [9.17, 15) is 9.59 Å². The lowest BCUT2D eigenvalue weighted by molar-refractivity contribution is -0.130. The Morgan fingerprint density at radius 2 is 2.15 bits per heavy atom. The Bertz CT molecular complexity index is 800. The van der Waals surface area contributed by atoms with E-state index in [1.165, 1.54) is 10.4 Å². The molecular formula is C20H24N2O3S. The van der Waals surface area contributed by atoms with Crippen molar-refractivity contribution in [2.75, 3.05) is 19.0 Å². The number of fused-ring (bicyclic) bond motifs is 1. The quantitative estimate of drug-likeness (QED) is 0.753. The van der Waals surface area contributed by atoms with Crippen LogP contribution in [0.1, 0.15) is 35.3 Å². The molecule has 0 radical (unpaired) electrons. The van der Waals surface area contributed by atoms with Crippen LogP contribution in [0.5, 0.6) is 5.75 Å². The van der Waals surface area contributed by atoms with Crippen LogP contribution in [0, 0.1) is 6.92 Å². The van der Waals surface area contributed by atoms with Gasteiger partial charge in [-0.15, -0.1) is 11.3 Å². The third kappa shape index (κ3) is 4.64. The number of ether oxygens (including phenoxy) is 1. The molecule has 2 amide bonds. The Hall–Kier alpha value is -2.34. The number of hydrogen-bond acceptors (Lipinski definition) is 4. The van der Waals surface area contributed by atoms with Crippen LogP contribution in [0.4, 0.5) is 5.69 Å². The van der Waals surface area contributed by atoms with Crippen molar-refractivity contribution < 1.29 is 14.3 Å². The Labute approximate surface area is 158 Å². The van der Waals surface area contributed by atoms with E-state index < -0.39 is 0 Å². The SMILES string of the molecule is Cc1ccsc1CN(C)C(=O)CCCOc1ccc2c(c1)CCC(=O)N2. The van der Waals surface area contributed by atoms with Crippen molar-refractivity contribution in [2.45, 2.75) is 39.2 Å². The molecule has 1 aromatic carbocycles. The molecule has 2 heterocycles. The van der Waals surface area contributed by atoms with Crippen LogP contribution in [-0.4, -0.2) is 30.4 Å². The molecule has 26 heavy (non-hydrogen) atoms. The number of amides is 2. The third-order valence-corrected chi connectivity index (χ3v) is 5.56. The van der Waals surface area contributed by atoms with E-state index in [0.717, 1.165) is 23.4 Å². The number of benzene rings is 1. The topological polar surface area (TPSA) is 58.6 Å². The van der Waals surface area contributed by atoms with Crippen LogP contribution >= 0.6 is 11.3 Å². The largest absolute Gasteiger partial charge is 0.494 e. The first kappa shape index (κ1) is 18.5. The van der Waals surface area contributed by atoms with Gasteiger partial charge in [0.05, 0.1) is 13.2 Å². The molecular weight excluding hydrogens is 348 g/mol. The number of anilines is 1. The fraction of sp³-hybridized carbons (Fsp3) is 0.400. The maximum atomic E-state index is 12.2. The maximum absolute atomic E-state index is 12.2. The fourth-order valence-corrected chi connectivity index (χ4v) is 3.88. The normalized spacial score (nSPS) is 13.1. The maximum Gasteiger partial charge on any atom is 0.224 e. The van der Waals surface area contributed by atoms with Gasteiger partial charge in [-0.3, -0.25) is 9.59 Å². The molecule has 0 saturated carbocycles. The van der Waals surface area contributed by atoms with Crippen molar-refractivity contribution in [3.05, 3.63) is 45.6 Å². The summed E-state index contributed by atoms with van der Waals surface area (Å²) in [5, 5.41) is 4.92. The van der Waals surface area contributed by atoms with Crippen LogP contribution < -0.4 is 10.1 Å². The lowest BCUT2D eigenvalue weighted by Crippen LogP contribution is -2.26. The molecule has 0 bridgehead atoms. The van der Waals surface area contributed by atoms with Gasteiger partial charge in [0.25, 0.3) is 0 Å². The first-order valence-corrected chi connectivity index (χ1v) is 9.73. The van der Waals surface area contributed by atoms with Gasteiger partial charge in [-0.05, 0) is 60.5 Å². The minimum absolute atomic E-state index is 0.0616. The predicted molar refractivity (Wildman–Crippen MR) is 104 cm³/mol. The number of hydrogen-bond donors (Lipinski definition) is 1. The number of carbonyl (C=O) groups is 2. The summed E-state index contributed by atoms with van der Waals surface area (Å²) >= 11 is 1.69. The fourth-order valence-electron chi connectivity index (χ4n) is 2.92. The number of nitrogens with one attached hydrogen (secondary N) is 1. The van der Waals surface area contributed by atoms with Crippen molar-refractivity contribution >= 4 is 28.8 Å². The predicted octanol–water partition coefficient (Wildman–Crippen LogP) is 3.76. The van der Waals surface area contributed by atoms with Gasteiger partial charge in [0.15, 0.2) is 0 Å². The molecule has 0 saturated heterocycles. The number of thiophene rings is 1. The first-order chi connectivity index (χ1) is 12.5. The van der Waals surface area contributed by atoms with Gasteiger partial charge in [-0.2, -0.15) is 0 Å². The van der Waals surface area contributed by atoms with Crippen LogP contribution in [-0.2, 0) is 22.6 Å². The summed E-state index contributed by atoms with van der Waals surface area (Å²) in [4.78, 5) is 26.6. The van der Waals surface area contributed by atoms with Crippen LogP contribution in [0.25, 0.3) is 0 Å². The zero-order valence-corrected chi connectivity index (χ0v) is 16.0. The summed E-state index contributed by atoms with van der Waals surface area (Å²) in [6.45, 7) is 3.24. The Morgan fingerprint density at radius 3 is 2.92 bits per heavy atom. The second-order valence-electron chi connectivity index (χ2n) is 6.60. The average molecular weight is 372 g/mol. The number of carbonyl (C=O) groups excluding carboxylic acids is 2. The second kappa shape index (κ2) is 8.36. The summed E-state index contributed by atoms with van der Waals surface area (Å²) in [6, 6.07) is 7.79. The van der Waals surface area contributed by atoms with Gasteiger partial charge in [0.2, 0.25) is 11.8 Å². The smallest absolute Gasteiger partial charge is 0.224 e. The van der Waals surface area contributed by atoms with Gasteiger partial charge < -0.3 is 15.0 Å². The van der Waals surface area contributed by atoms with Gasteiger partial charge in [0.1, 0.15) is 5.75 Å². The molecule has 138 valence electrons. The average Bonchev–Trinajstić information content (AvgIpc) is 3.03. The highest BCUT2D eigenvalue weighted by atomic mass is 32.1. The monoisotopic (exact) mass is 372 g/mol. The minimum Gasteiger partial charge on any atom is -0.494 e. The van der Waals surface area contributed by atoms with Gasteiger partial charge in [-0.25, -0.2) is 0 Å². The molecule has 0 fully saturated rings. The molecule has 5 nitrogen and oxygen atoms in total. The van der Waals surface area contributed by atoms with Crippen molar-refractivity contribution in [3.63, 3.8) is 0 Å². The highest BCUT2D eigenvalue weighted by Crippen LogP contribution is 2.27. The van der Waals surface area contributed by atoms with E-state index in [4.69, 9.17) is 4.74 Å². The van der Waals surface area contributed by atoms with Crippen LogP contribution in [0.15, 0.2) is 29.6 Å². The Morgan fingerprint density at radius 1 is 1.31 bits per heavy atom. The molecule has 1 N–H and O–H groups in total. The molecule has 3 rings (SSSR count). The highest BCUT2D eigenvalue weighted by molar-refractivity contribution is 7.10. The third-order valence-electron chi connectivity index (χ3n) is 4.55. The molecule has 1 aromatic heterocycles. The lowest BCUT2D eigenvalue weighted by Gasteiger charge is -2.18. The van der Waals surface area contributed by atoms with E-state index in [1.807, 2.05) is 25.2 Å². The van der Waals surface area contributed by atoms with Gasteiger partial charge in [-0.1, -0.05) is 0 Å². The van der Waals surface area contributed by atoms with E-state index in [2.05, 4.69) is 23.7 Å². The zero-order chi connectivity index (χ0) is 18.5. The van der Waals surface area contributed by atoms with E-state index in [0.29, 0.717) is 32.4 Å². The number of nitrogens with zero attached hydrogens (tertiary/aromatic N) is 1. The van der Waals surface area contributed by atoms with Crippen LogP contribution in [0.2, 0.25) is 0 Å². The second-order valence-corrected chi connectivity index (χ2v) is 7.60. The zero-order valence-electron chi connectivity index (χ0n) is 15.2. The van der Waals surface area contributed by atoms with E-state index in [-0.39, 0.29) is 11.8 Å². The lowest BCUT2D eigenvalue weighted by atomic mass is 10.0. The molecule has 0 aliphatic carbocycles. The summed E-state index contributed by atoms with van der Waals surface area (Å²) in [5.41, 5.74) is 3.21. The molecule has 1 aliphatic heterocycles. The van der Waals surface area contributed by atoms with E-state index in [1.54, 1.807) is 16.2 Å². The van der Waals surface area contributed by atoms with Crippen molar-refractivity contribution in [2.24, 2.45) is 0 Å². The first-order valence-electron chi connectivity index (χ1n) is 8.85. The number of rotatable bonds is 7. The minimum atomic E-state index is 0.0616. The standard InChI is InChI=1S/C20H24N2O3S/c1-14-9-11-26-18(14)13-22(2)20(24)4-3-10-25-16-6-7-17-15(12-16)5-8-19(23)21-17/h6-7,9,11-12H,3-5,8,10,13H2,1-2H3,(H,21,23). The molecule has 2 aromatic rings. The van der Waals surface area contributed by atoms with Crippen molar-refractivity contribution in [1.29, 1.82) is 0 Å². The highest BCUT2D eigenvalue weighted by Gasteiger charge is 2.15. The summed E-state index contributed by atoms with van der Waals surface area (Å²) in [7, 11) is 1.85. The van der Waals surface area contributed by atoms with Crippen LogP contribution in [0.3, 0.4) is 0 Å². The molecule has 1 aliphatic rings. The van der Waals surface area contributed by atoms with Gasteiger partial charge >= 0.3 is 0 Å². The molecule has 6 heteroatoms. The summed E-state index contributed by atoms with van der Waals surface area (Å²) in [6.07, 6.45) is 2.41. The number of aryl methyl sites for hydroxylation is 2. The Balaban J connectivity index is 1.42. The molecule has 0 unspecified atom stereocenters.